The molecule has 2 rings (SSSR count). The molecule has 0 aliphatic heterocycles. The maximum atomic E-state index is 9.31. The van der Waals surface area contributed by atoms with E-state index in [4.69, 9.17) is 0 Å². The topological polar surface area (TPSA) is 23.8 Å². The molecule has 82 valence electrons. The second kappa shape index (κ2) is 4.27. The second-order valence-electron chi connectivity index (χ2n) is 4.42. The molecule has 1 atom stereocenters. The molecule has 1 aromatic heterocycles. The average molecular weight is 229 g/mol. The number of fused-ring (bicyclic) bond motifs is 1. The van der Waals surface area contributed by atoms with Gasteiger partial charge in [-0.15, -0.1) is 11.3 Å². The molecule has 2 aromatic rings. The summed E-state index contributed by atoms with van der Waals surface area (Å²) in [6.45, 7) is 6.34. The van der Waals surface area contributed by atoms with E-state index in [1.165, 1.54) is 20.5 Å². The van der Waals surface area contributed by atoms with Crippen molar-refractivity contribution >= 4 is 21.4 Å². The van der Waals surface area contributed by atoms with Crippen molar-refractivity contribution in [3.8, 4) is 6.07 Å². The van der Waals surface area contributed by atoms with E-state index in [1.54, 1.807) is 11.3 Å². The molecular weight excluding hydrogens is 214 g/mol. The molecule has 0 amide bonds. The van der Waals surface area contributed by atoms with Crippen molar-refractivity contribution in [2.45, 2.75) is 26.7 Å². The number of thiophene rings is 1. The zero-order valence-corrected chi connectivity index (χ0v) is 10.6. The summed E-state index contributed by atoms with van der Waals surface area (Å²) in [4.78, 5) is 1.28. The zero-order valence-electron chi connectivity index (χ0n) is 9.82. The van der Waals surface area contributed by atoms with Crippen LogP contribution in [0.4, 0.5) is 0 Å². The van der Waals surface area contributed by atoms with Crippen LogP contribution in [-0.2, 0) is 0 Å². The van der Waals surface area contributed by atoms with Crippen LogP contribution in [0.1, 0.15) is 30.2 Å². The Balaban J connectivity index is 2.68. The molecule has 0 fully saturated rings. The van der Waals surface area contributed by atoms with E-state index in [-0.39, 0.29) is 5.92 Å². The Kier molecular flexibility index (Phi) is 2.98. The van der Waals surface area contributed by atoms with Crippen molar-refractivity contribution in [2.24, 2.45) is 5.92 Å². The zero-order chi connectivity index (χ0) is 11.7. The van der Waals surface area contributed by atoms with Crippen molar-refractivity contribution in [3.63, 3.8) is 0 Å². The number of nitriles is 1. The summed E-state index contributed by atoms with van der Waals surface area (Å²) in [7, 11) is 0. The van der Waals surface area contributed by atoms with Crippen LogP contribution in [0.25, 0.3) is 10.1 Å². The van der Waals surface area contributed by atoms with E-state index in [9.17, 15) is 5.26 Å². The molecule has 0 saturated heterocycles. The maximum absolute atomic E-state index is 9.31. The first-order valence-corrected chi connectivity index (χ1v) is 6.34. The van der Waals surface area contributed by atoms with Gasteiger partial charge in [0.2, 0.25) is 0 Å². The molecule has 0 aliphatic carbocycles. The molecule has 1 aromatic carbocycles. The summed E-state index contributed by atoms with van der Waals surface area (Å²) in [5.41, 5.74) is 1.23. The van der Waals surface area contributed by atoms with Gasteiger partial charge in [-0.25, -0.2) is 0 Å². The number of benzene rings is 1. The first-order chi connectivity index (χ1) is 7.65. The quantitative estimate of drug-likeness (QED) is 0.745. The molecule has 1 nitrogen and oxygen atoms in total. The second-order valence-corrected chi connectivity index (χ2v) is 5.68. The predicted octanol–water partition coefficient (Wildman–Crippen LogP) is 4.47. The third-order valence-electron chi connectivity index (χ3n) is 2.94. The van der Waals surface area contributed by atoms with Gasteiger partial charge in [-0.2, -0.15) is 5.26 Å². The van der Waals surface area contributed by atoms with Crippen LogP contribution in [0.3, 0.4) is 0 Å². The summed E-state index contributed by atoms with van der Waals surface area (Å²) in [6.07, 6.45) is 0. The molecule has 0 bridgehead atoms. The Morgan fingerprint density at radius 3 is 2.56 bits per heavy atom. The molecule has 16 heavy (non-hydrogen) atoms. The highest BCUT2D eigenvalue weighted by Gasteiger charge is 2.21. The Bertz CT molecular complexity index is 545. The van der Waals surface area contributed by atoms with Crippen molar-refractivity contribution in [1.82, 2.24) is 0 Å². The lowest BCUT2D eigenvalue weighted by Crippen LogP contribution is -2.04. The van der Waals surface area contributed by atoms with Gasteiger partial charge in [-0.3, -0.25) is 0 Å². The fourth-order valence-corrected chi connectivity index (χ4v) is 3.23. The molecule has 0 saturated carbocycles. The van der Waals surface area contributed by atoms with Gasteiger partial charge >= 0.3 is 0 Å². The van der Waals surface area contributed by atoms with Crippen molar-refractivity contribution in [2.75, 3.05) is 0 Å². The number of aryl methyl sites for hydroxylation is 1. The highest BCUT2D eigenvalue weighted by molar-refractivity contribution is 7.19. The number of hydrogen-bond acceptors (Lipinski definition) is 2. The highest BCUT2D eigenvalue weighted by atomic mass is 32.1. The lowest BCUT2D eigenvalue weighted by Gasteiger charge is -2.13. The maximum Gasteiger partial charge on any atom is 0.0752 e. The monoisotopic (exact) mass is 229 g/mol. The van der Waals surface area contributed by atoms with Gasteiger partial charge in [-0.1, -0.05) is 32.0 Å². The normalized spacial score (nSPS) is 12.9. The summed E-state index contributed by atoms with van der Waals surface area (Å²) in [5.74, 6) is 0.373. The molecule has 1 unspecified atom stereocenters. The lowest BCUT2D eigenvalue weighted by molar-refractivity contribution is 0.589. The third-order valence-corrected chi connectivity index (χ3v) is 4.04. The fourth-order valence-electron chi connectivity index (χ4n) is 2.12. The molecule has 0 radical (unpaired) electrons. The van der Waals surface area contributed by atoms with Crippen molar-refractivity contribution in [3.05, 3.63) is 34.7 Å². The SMILES string of the molecule is Cc1sc2ccccc2c1C(C#N)C(C)C. The van der Waals surface area contributed by atoms with Crippen LogP contribution in [0.15, 0.2) is 24.3 Å². The predicted molar refractivity (Wildman–Crippen MR) is 69.8 cm³/mol. The Morgan fingerprint density at radius 2 is 1.94 bits per heavy atom. The molecule has 0 N–H and O–H groups in total. The minimum absolute atomic E-state index is 0.0103. The largest absolute Gasteiger partial charge is 0.198 e. The van der Waals surface area contributed by atoms with Gasteiger partial charge in [0.05, 0.1) is 12.0 Å². The Hall–Kier alpha value is -1.33. The number of hydrogen-bond donors (Lipinski definition) is 0. The molecule has 0 aliphatic rings. The van der Waals surface area contributed by atoms with Gasteiger partial charge in [0.15, 0.2) is 0 Å². The first-order valence-electron chi connectivity index (χ1n) is 5.52. The van der Waals surface area contributed by atoms with E-state index in [1.807, 2.05) is 6.07 Å². The van der Waals surface area contributed by atoms with E-state index in [0.717, 1.165) is 0 Å². The van der Waals surface area contributed by atoms with Crippen LogP contribution >= 0.6 is 11.3 Å². The van der Waals surface area contributed by atoms with Crippen molar-refractivity contribution < 1.29 is 0 Å². The molecule has 0 spiro atoms. The van der Waals surface area contributed by atoms with Crippen LogP contribution < -0.4 is 0 Å². The molecular formula is C14H15NS. The van der Waals surface area contributed by atoms with E-state index in [0.29, 0.717) is 5.92 Å². The minimum Gasteiger partial charge on any atom is -0.198 e. The smallest absolute Gasteiger partial charge is 0.0752 e. The summed E-state index contributed by atoms with van der Waals surface area (Å²) >= 11 is 1.79. The number of nitrogens with zero attached hydrogens (tertiary/aromatic N) is 1. The summed E-state index contributed by atoms with van der Waals surface area (Å²) in [5, 5.41) is 10.6. The first kappa shape index (κ1) is 11.2. The van der Waals surface area contributed by atoms with Crippen LogP contribution in [0, 0.1) is 24.2 Å². The van der Waals surface area contributed by atoms with E-state index >= 15 is 0 Å². The average Bonchev–Trinajstić information content (AvgIpc) is 2.57. The van der Waals surface area contributed by atoms with E-state index in [2.05, 4.69) is 45.0 Å². The van der Waals surface area contributed by atoms with Crippen molar-refractivity contribution in [1.29, 1.82) is 5.26 Å². The van der Waals surface area contributed by atoms with Gasteiger partial charge in [-0.05, 0) is 29.9 Å². The molecule has 2 heteroatoms. The van der Waals surface area contributed by atoms with Gasteiger partial charge in [0, 0.05) is 9.58 Å². The van der Waals surface area contributed by atoms with Gasteiger partial charge in [0.25, 0.3) is 0 Å². The lowest BCUT2D eigenvalue weighted by atomic mass is 9.88. The van der Waals surface area contributed by atoms with Gasteiger partial charge < -0.3 is 0 Å². The van der Waals surface area contributed by atoms with Crippen LogP contribution in [-0.4, -0.2) is 0 Å². The standard InChI is InChI=1S/C14H15NS/c1-9(2)12(8-15)14-10(3)16-13-7-5-4-6-11(13)14/h4-7,9,12H,1-3H3. The Labute approximate surface area is 100 Å². The summed E-state index contributed by atoms with van der Waals surface area (Å²) in [6, 6.07) is 10.8. The molecule has 1 heterocycles. The van der Waals surface area contributed by atoms with E-state index < -0.39 is 0 Å². The van der Waals surface area contributed by atoms with Crippen LogP contribution in [0.5, 0.6) is 0 Å². The summed E-state index contributed by atoms with van der Waals surface area (Å²) < 4.78 is 1.29. The van der Waals surface area contributed by atoms with Crippen LogP contribution in [0.2, 0.25) is 0 Å². The highest BCUT2D eigenvalue weighted by Crippen LogP contribution is 2.38. The van der Waals surface area contributed by atoms with Gasteiger partial charge in [0.1, 0.15) is 0 Å². The number of rotatable bonds is 2. The fraction of sp³-hybridized carbons (Fsp3) is 0.357. The minimum atomic E-state index is 0.0103. The Morgan fingerprint density at radius 1 is 1.25 bits per heavy atom. The third kappa shape index (κ3) is 1.72.